The van der Waals surface area contributed by atoms with E-state index >= 15 is 0 Å². The first-order chi connectivity index (χ1) is 50.7. The quantitative estimate of drug-likeness (QED) is 0.0150. The molecule has 0 amide bonds. The van der Waals surface area contributed by atoms with E-state index in [1.807, 2.05) is 0 Å². The number of aliphatic hydroxyl groups excluding tert-OH is 6. The Balaban J connectivity index is 0.000000339. The number of benzene rings is 6. The lowest BCUT2D eigenvalue weighted by molar-refractivity contribution is -0.143. The largest absolute Gasteiger partial charge is 0.459 e. The molecule has 0 radical (unpaired) electrons. The van der Waals surface area contributed by atoms with Crippen molar-refractivity contribution in [2.45, 2.75) is 71.2 Å². The summed E-state index contributed by atoms with van der Waals surface area (Å²) in [6, 6.07) is 27.8. The summed E-state index contributed by atoms with van der Waals surface area (Å²) in [5.74, 6) is -8.27. The molecule has 0 aliphatic heterocycles. The van der Waals surface area contributed by atoms with Gasteiger partial charge in [0.05, 0.1) is 53.2 Å². The number of hydrogen-bond acceptors (Lipinski definition) is 30. The van der Waals surface area contributed by atoms with Gasteiger partial charge in [-0.25, -0.2) is 57.5 Å². The van der Waals surface area contributed by atoms with Gasteiger partial charge in [0, 0.05) is 33.9 Å². The van der Waals surface area contributed by atoms with Gasteiger partial charge in [0.25, 0.3) is 0 Å². The van der Waals surface area contributed by atoms with Crippen molar-refractivity contribution in [2.24, 2.45) is 0 Å². The minimum absolute atomic E-state index is 0.175. The zero-order valence-corrected chi connectivity index (χ0v) is 59.1. The predicted octanol–water partition coefficient (Wildman–Crippen LogP) is 5.95. The highest BCUT2D eigenvalue weighted by molar-refractivity contribution is 6.02. The van der Waals surface area contributed by atoms with Crippen LogP contribution in [0.15, 0.2) is 183 Å². The SMILES string of the molecule is C=C(C)C(=O)OCC(CO)OC(=O)c1ccc2cc(C(=O)OC(CO)COC(=O)C(=C)C)ccc2c1.C=C(C)C(=O)OCC(O)COC(=O)c1ccc2cc(C(=O)OCC(O)COC(=O)C(=C)C)ccc2c1.C=CC(=O)OCC(CO)OC(=O)c1ccc2cc(C(=O)OCC(O)COC(=O)C(=C)C)ccc2c1. The molecule has 0 saturated carbocycles. The number of ether oxygens (including phenoxy) is 12. The van der Waals surface area contributed by atoms with Crippen molar-refractivity contribution >= 4 is 104 Å². The molecule has 6 aromatic carbocycles. The molecule has 0 fully saturated rings. The highest BCUT2D eigenvalue weighted by atomic mass is 16.6. The van der Waals surface area contributed by atoms with Gasteiger partial charge >= 0.3 is 71.6 Å². The first-order valence-corrected chi connectivity index (χ1v) is 32.2. The summed E-state index contributed by atoms with van der Waals surface area (Å²) in [6.45, 7) is 23.0. The summed E-state index contributed by atoms with van der Waals surface area (Å²) in [7, 11) is 0. The Morgan fingerprint density at radius 2 is 0.486 bits per heavy atom. The fourth-order valence-electron chi connectivity index (χ4n) is 8.14. The van der Waals surface area contributed by atoms with Crippen molar-refractivity contribution in [3.8, 4) is 0 Å². The first kappa shape index (κ1) is 87.3. The number of fused-ring (bicyclic) bond motifs is 3. The Morgan fingerprint density at radius 3 is 0.682 bits per heavy atom. The van der Waals surface area contributed by atoms with E-state index in [4.69, 9.17) is 56.8 Å². The summed E-state index contributed by atoms with van der Waals surface area (Å²) < 4.78 is 59.7. The lowest BCUT2D eigenvalue weighted by atomic mass is 10.0. The number of hydrogen-bond donors (Lipinski definition) is 6. The van der Waals surface area contributed by atoms with E-state index in [0.717, 1.165) is 6.08 Å². The molecule has 0 spiro atoms. The molecule has 107 heavy (non-hydrogen) atoms. The van der Waals surface area contributed by atoms with Gasteiger partial charge in [-0.05, 0) is 140 Å². The van der Waals surface area contributed by atoms with Gasteiger partial charge in [-0.2, -0.15) is 0 Å². The lowest BCUT2D eigenvalue weighted by Gasteiger charge is -2.16. The summed E-state index contributed by atoms with van der Waals surface area (Å²) in [4.78, 5) is 142. The highest BCUT2D eigenvalue weighted by Crippen LogP contribution is 2.24. The van der Waals surface area contributed by atoms with Crippen LogP contribution in [0, 0.1) is 0 Å². The molecule has 0 saturated heterocycles. The molecule has 6 aromatic rings. The van der Waals surface area contributed by atoms with Crippen molar-refractivity contribution in [1.82, 2.24) is 0 Å². The highest BCUT2D eigenvalue weighted by Gasteiger charge is 2.24. The van der Waals surface area contributed by atoms with Crippen LogP contribution in [-0.4, -0.2) is 218 Å². The number of rotatable bonds is 36. The van der Waals surface area contributed by atoms with Crippen molar-refractivity contribution < 1.29 is 145 Å². The van der Waals surface area contributed by atoms with Crippen LogP contribution in [-0.2, 0) is 85.6 Å². The Morgan fingerprint density at radius 1 is 0.299 bits per heavy atom. The van der Waals surface area contributed by atoms with Gasteiger partial charge in [-0.3, -0.25) is 0 Å². The molecular formula is C77H82O30. The predicted molar refractivity (Wildman–Crippen MR) is 380 cm³/mol. The molecule has 6 rings (SSSR count). The summed E-state index contributed by atoms with van der Waals surface area (Å²) in [5.41, 5.74) is 2.11. The van der Waals surface area contributed by atoms with E-state index < -0.39 is 128 Å². The molecule has 30 nitrogen and oxygen atoms in total. The molecule has 6 unspecified atom stereocenters. The van der Waals surface area contributed by atoms with Gasteiger partial charge in [0.15, 0.2) is 18.3 Å². The third kappa shape index (κ3) is 29.9. The minimum Gasteiger partial charge on any atom is -0.459 e. The smallest absolute Gasteiger partial charge is 0.338 e. The third-order valence-corrected chi connectivity index (χ3v) is 13.9. The standard InChI is InChI=1S/2C26H28O10.C25H26O10/c1-15(2)23(29)33-11-21(27)13-35-25(31)19-7-5-18-10-20(8-6-17(18)9-19)26(32)36-14-22(28)12-34-24(30)16(3)4;1-15(2)23(29)33-13-21(11-27)35-25(31)19-7-5-18-10-20(8-6-17(18)9-19)26(32)36-22(12-28)14-34-24(30)16(3)4;1-4-22(28)32-14-21(11-26)35-25(31)19-8-6-16-9-18(7-5-17(16)10-19)24(30)34-13-20(27)12-33-23(29)15(2)3/h2*5-10,21-22,27-28H,1,3,11-14H2,2,4H3;4-10,20-21,26-27H,1-2,11-14H2,3H3. The van der Waals surface area contributed by atoms with Crippen molar-refractivity contribution in [1.29, 1.82) is 0 Å². The van der Waals surface area contributed by atoms with Crippen LogP contribution in [0.2, 0.25) is 0 Å². The fourth-order valence-corrected chi connectivity index (χ4v) is 8.14. The van der Waals surface area contributed by atoms with E-state index in [-0.39, 0.29) is 121 Å². The Bertz CT molecular complexity index is 4130. The van der Waals surface area contributed by atoms with Crippen LogP contribution in [0.3, 0.4) is 0 Å². The van der Waals surface area contributed by atoms with Crippen molar-refractivity contribution in [2.75, 3.05) is 79.3 Å². The lowest BCUT2D eigenvalue weighted by Crippen LogP contribution is -2.28. The molecule has 570 valence electrons. The van der Waals surface area contributed by atoms with E-state index in [9.17, 15) is 88.2 Å². The molecule has 0 aromatic heterocycles. The average Bonchev–Trinajstić information content (AvgIpc) is 0.823. The zero-order chi connectivity index (χ0) is 79.6. The van der Waals surface area contributed by atoms with Crippen LogP contribution < -0.4 is 0 Å². The Hall–Kier alpha value is -12.1. The second kappa shape index (κ2) is 43.9. The minimum atomic E-state index is -1.20. The number of carbonyl (C=O) groups excluding carboxylic acids is 12. The molecular weight excluding hydrogens is 1400 g/mol. The van der Waals surface area contributed by atoms with Crippen molar-refractivity contribution in [3.05, 3.63) is 216 Å². The van der Waals surface area contributed by atoms with Crippen LogP contribution in [0.1, 0.15) is 96.8 Å². The van der Waals surface area contributed by atoms with Crippen LogP contribution in [0.5, 0.6) is 0 Å². The van der Waals surface area contributed by atoms with Crippen LogP contribution in [0.25, 0.3) is 32.3 Å². The molecule has 0 heterocycles. The summed E-state index contributed by atoms with van der Waals surface area (Å²) in [6.07, 6.45) is -5.78. The zero-order valence-electron chi connectivity index (χ0n) is 59.1. The molecule has 30 heteroatoms. The Labute approximate surface area is 613 Å². The topological polar surface area (TPSA) is 437 Å². The maximum Gasteiger partial charge on any atom is 0.338 e. The molecule has 6 N–H and O–H groups in total. The van der Waals surface area contributed by atoms with Gasteiger partial charge in [0.1, 0.15) is 77.8 Å². The summed E-state index contributed by atoms with van der Waals surface area (Å²) >= 11 is 0. The van der Waals surface area contributed by atoms with E-state index in [2.05, 4.69) is 39.5 Å². The second-order valence-corrected chi connectivity index (χ2v) is 23.4. The van der Waals surface area contributed by atoms with Gasteiger partial charge < -0.3 is 87.5 Å². The maximum atomic E-state index is 12.5. The van der Waals surface area contributed by atoms with E-state index in [1.54, 1.807) is 54.6 Å². The van der Waals surface area contributed by atoms with Gasteiger partial charge in [-0.1, -0.05) is 75.9 Å². The Kier molecular flexibility index (Phi) is 35.8. The molecule has 6 atom stereocenters. The number of esters is 12. The normalized spacial score (nSPS) is 12.2. The molecule has 0 aliphatic carbocycles. The van der Waals surface area contributed by atoms with Crippen molar-refractivity contribution in [3.63, 3.8) is 0 Å². The molecule has 0 aliphatic rings. The second-order valence-electron chi connectivity index (χ2n) is 23.4. The maximum absolute atomic E-state index is 12.5. The fraction of sp³-hybridized carbons (Fsp3) is 0.299. The summed E-state index contributed by atoms with van der Waals surface area (Å²) in [5, 5.41) is 61.4. The first-order valence-electron chi connectivity index (χ1n) is 32.2. The van der Waals surface area contributed by atoms with E-state index in [1.165, 1.54) is 89.2 Å². The number of carbonyl (C=O) groups is 12. The van der Waals surface area contributed by atoms with E-state index in [0.29, 0.717) is 32.3 Å². The number of aliphatic hydroxyl groups is 6. The third-order valence-electron chi connectivity index (χ3n) is 13.9. The monoisotopic (exact) mass is 1490 g/mol. The van der Waals surface area contributed by atoms with Gasteiger partial charge in [-0.15, -0.1) is 0 Å². The van der Waals surface area contributed by atoms with Gasteiger partial charge in [0.2, 0.25) is 0 Å². The van der Waals surface area contributed by atoms with Crippen LogP contribution >= 0.6 is 0 Å². The van der Waals surface area contributed by atoms with Crippen LogP contribution in [0.4, 0.5) is 0 Å². The molecule has 0 bridgehead atoms. The average molecular weight is 1490 g/mol.